The van der Waals surface area contributed by atoms with Gasteiger partial charge in [-0.2, -0.15) is 5.10 Å². The molecule has 1 atom stereocenters. The van der Waals surface area contributed by atoms with Gasteiger partial charge in [-0.15, -0.1) is 0 Å². The lowest BCUT2D eigenvalue weighted by molar-refractivity contribution is 0.0904. The van der Waals surface area contributed by atoms with Crippen LogP contribution in [0.15, 0.2) is 41.3 Å². The number of piperazine rings is 1. The van der Waals surface area contributed by atoms with Crippen molar-refractivity contribution < 1.29 is 22.5 Å². The van der Waals surface area contributed by atoms with Gasteiger partial charge in [0.25, 0.3) is 5.91 Å². The molecule has 13 heteroatoms. The van der Waals surface area contributed by atoms with Gasteiger partial charge in [0.05, 0.1) is 10.5 Å². The predicted molar refractivity (Wildman–Crippen MR) is 162 cm³/mol. The van der Waals surface area contributed by atoms with Crippen LogP contribution in [-0.2, 0) is 28.7 Å². The van der Waals surface area contributed by atoms with E-state index in [0.717, 1.165) is 80.8 Å². The molecule has 4 heterocycles. The first-order valence-electron chi connectivity index (χ1n) is 14.8. The molecule has 2 saturated heterocycles. The van der Waals surface area contributed by atoms with Crippen LogP contribution in [0.3, 0.4) is 0 Å². The number of aromatic amines is 1. The van der Waals surface area contributed by atoms with Crippen LogP contribution >= 0.6 is 0 Å². The Morgan fingerprint density at radius 2 is 1.81 bits per heavy atom. The lowest BCUT2D eigenvalue weighted by Crippen LogP contribution is -2.46. The highest BCUT2D eigenvalue weighted by Gasteiger charge is 2.28. The highest BCUT2D eigenvalue weighted by atomic mass is 32.2. The van der Waals surface area contributed by atoms with E-state index in [0.29, 0.717) is 43.1 Å². The van der Waals surface area contributed by atoms with E-state index in [1.807, 2.05) is 12.1 Å². The molecule has 0 aliphatic carbocycles. The van der Waals surface area contributed by atoms with E-state index in [9.17, 15) is 17.8 Å². The standard InChI is InChI=1S/C30H37F2N7O3S/c1-2-37-9-11-38(12-10-37)23-3-4-25(28(18-23)33-22-6-13-42-14-7-22)30(40)34-29-26-19-39(8-5-27(26)35-36-29)43(41)24-16-20(31)15-21(32)17-24/h3-4,15-18,22,33H,2,5-14,19H2,1H3,(H2,34,35,36,40). The zero-order chi connectivity index (χ0) is 29.9. The maximum Gasteiger partial charge on any atom is 0.258 e. The van der Waals surface area contributed by atoms with Gasteiger partial charge in [0.15, 0.2) is 5.82 Å². The number of hydrogen-bond donors (Lipinski definition) is 3. The van der Waals surface area contributed by atoms with Crippen molar-refractivity contribution in [3.05, 3.63) is 64.9 Å². The fourth-order valence-electron chi connectivity index (χ4n) is 5.90. The van der Waals surface area contributed by atoms with Crippen molar-refractivity contribution >= 4 is 34.1 Å². The third kappa shape index (κ3) is 6.74. The Labute approximate surface area is 252 Å². The fraction of sp³-hybridized carbons (Fsp3) is 0.467. The minimum Gasteiger partial charge on any atom is -0.381 e. The molecule has 0 saturated carbocycles. The third-order valence-corrected chi connectivity index (χ3v) is 9.84. The maximum atomic E-state index is 13.8. The average Bonchev–Trinajstić information content (AvgIpc) is 3.42. The van der Waals surface area contributed by atoms with Gasteiger partial charge < -0.3 is 25.2 Å². The van der Waals surface area contributed by atoms with Crippen LogP contribution < -0.4 is 15.5 Å². The zero-order valence-electron chi connectivity index (χ0n) is 24.2. The van der Waals surface area contributed by atoms with Gasteiger partial charge >= 0.3 is 0 Å². The number of nitrogens with zero attached hydrogens (tertiary/aromatic N) is 4. The summed E-state index contributed by atoms with van der Waals surface area (Å²) < 4.78 is 47.9. The fourth-order valence-corrected chi connectivity index (χ4v) is 7.13. The molecule has 1 amide bonds. The number of anilines is 3. The van der Waals surface area contributed by atoms with Gasteiger partial charge in [-0.05, 0) is 49.7 Å². The van der Waals surface area contributed by atoms with Crippen LogP contribution in [0.2, 0.25) is 0 Å². The van der Waals surface area contributed by atoms with Crippen LogP contribution in [0.25, 0.3) is 0 Å². The van der Waals surface area contributed by atoms with E-state index in [1.165, 1.54) is 0 Å². The summed E-state index contributed by atoms with van der Waals surface area (Å²) in [5.74, 6) is -1.52. The van der Waals surface area contributed by atoms with Gasteiger partial charge in [0, 0.05) is 93.6 Å². The van der Waals surface area contributed by atoms with Crippen molar-refractivity contribution in [2.24, 2.45) is 0 Å². The van der Waals surface area contributed by atoms with Crippen molar-refractivity contribution in [1.82, 2.24) is 19.4 Å². The van der Waals surface area contributed by atoms with Crippen molar-refractivity contribution in [2.75, 3.05) is 68.0 Å². The molecule has 230 valence electrons. The van der Waals surface area contributed by atoms with Gasteiger partial charge in [-0.3, -0.25) is 9.89 Å². The number of hydrogen-bond acceptors (Lipinski definition) is 7. The third-order valence-electron chi connectivity index (χ3n) is 8.42. The number of carbonyl (C=O) groups is 1. The van der Waals surface area contributed by atoms with Crippen LogP contribution in [0.5, 0.6) is 0 Å². The molecule has 3 aromatic rings. The van der Waals surface area contributed by atoms with E-state index < -0.39 is 22.6 Å². The summed E-state index contributed by atoms with van der Waals surface area (Å²) in [4.78, 5) is 18.6. The van der Waals surface area contributed by atoms with Crippen LogP contribution in [0.1, 0.15) is 41.4 Å². The largest absolute Gasteiger partial charge is 0.381 e. The van der Waals surface area contributed by atoms with E-state index in [-0.39, 0.29) is 23.4 Å². The first-order valence-corrected chi connectivity index (χ1v) is 15.9. The van der Waals surface area contributed by atoms with Crippen LogP contribution in [-0.4, -0.2) is 88.0 Å². The number of carbonyl (C=O) groups excluding carboxylic acids is 1. The summed E-state index contributed by atoms with van der Waals surface area (Å²) in [6.45, 7) is 9.03. The number of ether oxygens (including phenoxy) is 1. The SMILES string of the molecule is CCN1CCN(c2ccc(C(=O)Nc3n[nH]c4c3CN(S(=O)c3cc(F)cc(F)c3)CC4)c(NC3CCOCC3)c2)CC1. The normalized spacial score (nSPS) is 19.2. The summed E-state index contributed by atoms with van der Waals surface area (Å²) in [5.41, 5.74) is 3.88. The zero-order valence-corrected chi connectivity index (χ0v) is 25.0. The number of benzene rings is 2. The maximum absolute atomic E-state index is 13.8. The number of likely N-dealkylation sites (N-methyl/N-ethyl adjacent to an activating group) is 1. The molecule has 0 radical (unpaired) electrons. The number of nitrogens with one attached hydrogen (secondary N) is 3. The first kappa shape index (κ1) is 29.7. The van der Waals surface area contributed by atoms with Gasteiger partial charge in [0.2, 0.25) is 0 Å². The first-order chi connectivity index (χ1) is 20.9. The number of amides is 1. The minimum atomic E-state index is -1.78. The Morgan fingerprint density at radius 3 is 2.53 bits per heavy atom. The summed E-state index contributed by atoms with van der Waals surface area (Å²) in [7, 11) is -1.78. The van der Waals surface area contributed by atoms with Crippen molar-refractivity contribution in [3.8, 4) is 0 Å². The molecule has 43 heavy (non-hydrogen) atoms. The average molecular weight is 614 g/mol. The second-order valence-corrected chi connectivity index (χ2v) is 12.6. The van der Waals surface area contributed by atoms with E-state index in [2.05, 4.69) is 43.6 Å². The van der Waals surface area contributed by atoms with Gasteiger partial charge in [-0.1, -0.05) is 6.92 Å². The molecule has 3 N–H and O–H groups in total. The lowest BCUT2D eigenvalue weighted by atomic mass is 10.1. The Morgan fingerprint density at radius 1 is 1.07 bits per heavy atom. The Bertz CT molecular complexity index is 1470. The van der Waals surface area contributed by atoms with Crippen molar-refractivity contribution in [3.63, 3.8) is 0 Å². The second-order valence-electron chi connectivity index (χ2n) is 11.1. The summed E-state index contributed by atoms with van der Waals surface area (Å²) in [6, 6.07) is 9.02. The smallest absolute Gasteiger partial charge is 0.258 e. The summed E-state index contributed by atoms with van der Waals surface area (Å²) >= 11 is 0. The van der Waals surface area contributed by atoms with Gasteiger partial charge in [0.1, 0.15) is 22.6 Å². The molecule has 1 aromatic heterocycles. The number of halogens is 2. The molecule has 3 aliphatic rings. The molecule has 6 rings (SSSR count). The molecule has 0 spiro atoms. The minimum absolute atomic E-state index is 0.0510. The highest BCUT2D eigenvalue weighted by Crippen LogP contribution is 2.30. The van der Waals surface area contributed by atoms with E-state index in [4.69, 9.17) is 4.74 Å². The monoisotopic (exact) mass is 613 g/mol. The summed E-state index contributed by atoms with van der Waals surface area (Å²) in [5, 5.41) is 13.9. The Kier molecular flexibility index (Phi) is 9.03. The van der Waals surface area contributed by atoms with Crippen LogP contribution in [0.4, 0.5) is 26.0 Å². The van der Waals surface area contributed by atoms with Crippen molar-refractivity contribution in [2.45, 2.75) is 43.7 Å². The predicted octanol–water partition coefficient (Wildman–Crippen LogP) is 3.75. The van der Waals surface area contributed by atoms with E-state index in [1.54, 1.807) is 4.31 Å². The molecular weight excluding hydrogens is 576 g/mol. The summed E-state index contributed by atoms with van der Waals surface area (Å²) in [6.07, 6.45) is 2.21. The molecule has 10 nitrogen and oxygen atoms in total. The van der Waals surface area contributed by atoms with Crippen molar-refractivity contribution in [1.29, 1.82) is 0 Å². The highest BCUT2D eigenvalue weighted by molar-refractivity contribution is 7.82. The number of aromatic nitrogens is 2. The molecule has 0 bridgehead atoms. The Balaban J connectivity index is 1.21. The molecule has 3 aliphatic heterocycles. The number of H-pyrrole nitrogens is 1. The molecule has 1 unspecified atom stereocenters. The van der Waals surface area contributed by atoms with E-state index >= 15 is 0 Å². The quantitative estimate of drug-likeness (QED) is 0.356. The number of rotatable bonds is 8. The Hall–Kier alpha value is -3.39. The second kappa shape index (κ2) is 13.1. The topological polar surface area (TPSA) is 106 Å². The molecular formula is C30H37F2N7O3S. The number of fused-ring (bicyclic) bond motifs is 1. The molecule has 2 fully saturated rings. The van der Waals surface area contributed by atoms with Crippen LogP contribution in [0, 0.1) is 11.6 Å². The molecule has 2 aromatic carbocycles. The lowest BCUT2D eigenvalue weighted by Gasteiger charge is -2.36. The van der Waals surface area contributed by atoms with Gasteiger partial charge in [-0.25, -0.2) is 17.3 Å².